The van der Waals surface area contributed by atoms with Crippen LogP contribution in [0.15, 0.2) is 43.0 Å². The summed E-state index contributed by atoms with van der Waals surface area (Å²) in [6.45, 7) is 6.98. The van der Waals surface area contributed by atoms with E-state index >= 15 is 0 Å². The Morgan fingerprint density at radius 1 is 1.11 bits per heavy atom. The minimum absolute atomic E-state index is 0.0438. The zero-order valence-corrected chi connectivity index (χ0v) is 15.9. The summed E-state index contributed by atoms with van der Waals surface area (Å²) in [5, 5.41) is 5.48. The highest BCUT2D eigenvalue weighted by Gasteiger charge is 2.27. The van der Waals surface area contributed by atoms with Crippen LogP contribution in [0.3, 0.4) is 0 Å². The van der Waals surface area contributed by atoms with E-state index in [1.165, 1.54) is 6.08 Å². The van der Waals surface area contributed by atoms with Gasteiger partial charge in [-0.25, -0.2) is 14.4 Å². The number of carbonyl (C=O) groups excluding carboxylic acids is 3. The van der Waals surface area contributed by atoms with Gasteiger partial charge in [-0.1, -0.05) is 30.9 Å². The van der Waals surface area contributed by atoms with Gasteiger partial charge in [0.25, 0.3) is 0 Å². The molecule has 0 spiro atoms. The van der Waals surface area contributed by atoms with Crippen molar-refractivity contribution in [1.29, 1.82) is 0 Å². The maximum absolute atomic E-state index is 12.3. The van der Waals surface area contributed by atoms with Gasteiger partial charge in [-0.3, -0.25) is 5.32 Å². The molecule has 0 unspecified atom stereocenters. The second kappa shape index (κ2) is 9.54. The fourth-order valence-electron chi connectivity index (χ4n) is 2.23. The van der Waals surface area contributed by atoms with Crippen molar-refractivity contribution in [2.45, 2.75) is 13.8 Å². The Morgan fingerprint density at radius 2 is 1.81 bits per heavy atom. The number of thiophene rings is 1. The predicted molar refractivity (Wildman–Crippen MR) is 105 cm³/mol. The predicted octanol–water partition coefficient (Wildman–Crippen LogP) is 4.22. The number of carbonyl (C=O) groups is 3. The van der Waals surface area contributed by atoms with Crippen LogP contribution in [0.4, 0.5) is 15.5 Å². The van der Waals surface area contributed by atoms with Crippen molar-refractivity contribution in [3.63, 3.8) is 0 Å². The highest BCUT2D eigenvalue weighted by molar-refractivity contribution is 7.18. The monoisotopic (exact) mass is 388 g/mol. The van der Waals surface area contributed by atoms with Crippen molar-refractivity contribution in [3.05, 3.63) is 59.0 Å². The zero-order valence-electron chi connectivity index (χ0n) is 15.0. The van der Waals surface area contributed by atoms with Crippen molar-refractivity contribution in [2.75, 3.05) is 23.8 Å². The summed E-state index contributed by atoms with van der Waals surface area (Å²) in [4.78, 5) is 37.0. The van der Waals surface area contributed by atoms with E-state index in [2.05, 4.69) is 17.2 Å². The summed E-state index contributed by atoms with van der Waals surface area (Å²) >= 11 is 0.956. The molecule has 8 heteroatoms. The van der Waals surface area contributed by atoms with E-state index in [4.69, 9.17) is 9.47 Å². The van der Waals surface area contributed by atoms with Crippen LogP contribution < -0.4 is 10.6 Å². The van der Waals surface area contributed by atoms with Gasteiger partial charge in [0.05, 0.1) is 12.2 Å². The number of anilines is 2. The Bertz CT molecular complexity index is 845. The van der Waals surface area contributed by atoms with Crippen LogP contribution >= 0.6 is 11.3 Å². The molecular formula is C19H20N2O5S. The molecule has 2 rings (SSSR count). The lowest BCUT2D eigenvalue weighted by atomic mass is 10.1. The van der Waals surface area contributed by atoms with E-state index in [1.807, 2.05) is 6.07 Å². The fourth-order valence-corrected chi connectivity index (χ4v) is 3.32. The molecule has 0 aliphatic carbocycles. The molecular weight excluding hydrogens is 368 g/mol. The SMILES string of the molecule is C=CCOC(=O)c1sc(NC(=O)Nc2ccccc2)c(C(=O)OCC)c1C. The minimum Gasteiger partial charge on any atom is -0.462 e. The first kappa shape index (κ1) is 20.2. The fraction of sp³-hybridized carbons (Fsp3) is 0.211. The van der Waals surface area contributed by atoms with E-state index in [1.54, 1.807) is 38.1 Å². The quantitative estimate of drug-likeness (QED) is 0.547. The minimum atomic E-state index is -0.621. The van der Waals surface area contributed by atoms with Crippen LogP contribution in [0.25, 0.3) is 0 Å². The Kier molecular flexibility index (Phi) is 7.13. The average Bonchev–Trinajstić information content (AvgIpc) is 2.96. The molecule has 0 radical (unpaired) electrons. The summed E-state index contributed by atoms with van der Waals surface area (Å²) in [6.07, 6.45) is 1.44. The van der Waals surface area contributed by atoms with E-state index in [0.717, 1.165) is 11.3 Å². The maximum atomic E-state index is 12.3. The number of benzene rings is 1. The lowest BCUT2D eigenvalue weighted by Crippen LogP contribution is -2.20. The van der Waals surface area contributed by atoms with Crippen LogP contribution in [0, 0.1) is 6.92 Å². The summed E-state index contributed by atoms with van der Waals surface area (Å²) in [6, 6.07) is 8.29. The number of ether oxygens (including phenoxy) is 2. The van der Waals surface area contributed by atoms with Gasteiger partial charge in [-0.05, 0) is 31.5 Å². The number of hydrogen-bond acceptors (Lipinski definition) is 6. The standard InChI is InChI=1S/C19H20N2O5S/c1-4-11-26-18(23)15-12(3)14(17(22)25-5-2)16(27-15)21-19(24)20-13-9-7-6-8-10-13/h4,6-10H,1,5,11H2,2-3H3,(H2,20,21,24). The summed E-state index contributed by atoms with van der Waals surface area (Å²) in [5.74, 6) is -1.22. The Hall–Kier alpha value is -3.13. The molecule has 2 amide bonds. The van der Waals surface area contributed by atoms with Crippen molar-refractivity contribution in [2.24, 2.45) is 0 Å². The maximum Gasteiger partial charge on any atom is 0.348 e. The normalized spacial score (nSPS) is 10.0. The van der Waals surface area contributed by atoms with E-state index in [9.17, 15) is 14.4 Å². The molecule has 1 heterocycles. The Labute approximate surface area is 161 Å². The molecule has 0 aliphatic heterocycles. The van der Waals surface area contributed by atoms with Crippen LogP contribution in [0.5, 0.6) is 0 Å². The third-order valence-electron chi connectivity index (χ3n) is 3.40. The van der Waals surface area contributed by atoms with E-state index < -0.39 is 18.0 Å². The molecule has 0 fully saturated rings. The molecule has 7 nitrogen and oxygen atoms in total. The summed E-state index contributed by atoms with van der Waals surface area (Å²) in [7, 11) is 0. The van der Waals surface area contributed by atoms with Crippen LogP contribution in [-0.2, 0) is 9.47 Å². The number of urea groups is 1. The molecule has 0 atom stereocenters. The molecule has 1 aromatic carbocycles. The van der Waals surface area contributed by atoms with Crippen molar-refractivity contribution >= 4 is 40.0 Å². The number of nitrogens with one attached hydrogen (secondary N) is 2. The van der Waals surface area contributed by atoms with Crippen LogP contribution in [0.2, 0.25) is 0 Å². The molecule has 27 heavy (non-hydrogen) atoms. The highest BCUT2D eigenvalue weighted by Crippen LogP contribution is 2.34. The molecule has 0 aliphatic rings. The van der Waals surface area contributed by atoms with Gasteiger partial charge in [0.2, 0.25) is 0 Å². The van der Waals surface area contributed by atoms with E-state index in [-0.39, 0.29) is 28.7 Å². The topological polar surface area (TPSA) is 93.7 Å². The second-order valence-electron chi connectivity index (χ2n) is 5.31. The van der Waals surface area contributed by atoms with Gasteiger partial charge >= 0.3 is 18.0 Å². The number of para-hydroxylation sites is 1. The molecule has 0 saturated carbocycles. The van der Waals surface area contributed by atoms with Gasteiger partial charge in [0.15, 0.2) is 0 Å². The lowest BCUT2D eigenvalue weighted by molar-refractivity contribution is 0.0527. The zero-order chi connectivity index (χ0) is 19.8. The molecule has 1 aromatic heterocycles. The molecule has 2 aromatic rings. The smallest absolute Gasteiger partial charge is 0.348 e. The third-order valence-corrected chi connectivity index (χ3v) is 4.59. The number of amides is 2. The van der Waals surface area contributed by atoms with E-state index in [0.29, 0.717) is 11.3 Å². The van der Waals surface area contributed by atoms with Gasteiger partial charge in [-0.15, -0.1) is 11.3 Å². The highest BCUT2D eigenvalue weighted by atomic mass is 32.1. The first-order valence-electron chi connectivity index (χ1n) is 8.19. The first-order chi connectivity index (χ1) is 13.0. The van der Waals surface area contributed by atoms with Crippen LogP contribution in [-0.4, -0.2) is 31.2 Å². The number of rotatable bonds is 7. The van der Waals surface area contributed by atoms with Crippen molar-refractivity contribution in [1.82, 2.24) is 0 Å². The second-order valence-corrected chi connectivity index (χ2v) is 6.33. The Morgan fingerprint density at radius 3 is 2.44 bits per heavy atom. The average molecular weight is 388 g/mol. The number of esters is 2. The summed E-state index contributed by atoms with van der Waals surface area (Å²) in [5.41, 5.74) is 1.12. The van der Waals surface area contributed by atoms with Gasteiger partial charge in [-0.2, -0.15) is 0 Å². The number of hydrogen-bond donors (Lipinski definition) is 2. The van der Waals surface area contributed by atoms with Crippen molar-refractivity contribution in [3.8, 4) is 0 Å². The Balaban J connectivity index is 2.29. The molecule has 0 bridgehead atoms. The third kappa shape index (κ3) is 5.18. The summed E-state index contributed by atoms with van der Waals surface area (Å²) < 4.78 is 10.1. The molecule has 0 saturated heterocycles. The molecule has 2 N–H and O–H groups in total. The molecule has 142 valence electrons. The lowest BCUT2D eigenvalue weighted by Gasteiger charge is -2.08. The first-order valence-corrected chi connectivity index (χ1v) is 9.01. The van der Waals surface area contributed by atoms with Crippen molar-refractivity contribution < 1.29 is 23.9 Å². The van der Waals surface area contributed by atoms with Crippen LogP contribution in [0.1, 0.15) is 32.5 Å². The largest absolute Gasteiger partial charge is 0.462 e. The van der Waals surface area contributed by atoms with Gasteiger partial charge in [0.1, 0.15) is 16.5 Å². The van der Waals surface area contributed by atoms with Gasteiger partial charge in [0, 0.05) is 5.69 Å². The van der Waals surface area contributed by atoms with Gasteiger partial charge < -0.3 is 14.8 Å².